The summed E-state index contributed by atoms with van der Waals surface area (Å²) >= 11 is 0. The molecule has 22 heavy (non-hydrogen) atoms. The van der Waals surface area contributed by atoms with Gasteiger partial charge in [0.1, 0.15) is 0 Å². The maximum atomic E-state index is 11.5. The van der Waals surface area contributed by atoms with Crippen molar-refractivity contribution in [2.45, 2.75) is 39.3 Å². The minimum atomic E-state index is -0.149. The average molecular weight is 305 g/mol. The summed E-state index contributed by atoms with van der Waals surface area (Å²) in [4.78, 5) is 18.0. The fourth-order valence-corrected chi connectivity index (χ4v) is 1.86. The third-order valence-electron chi connectivity index (χ3n) is 2.89. The standard InChI is InChI=1S/C17H27N3O2/c1-14(2)22-16(21)11-8-12-18-17(20(3)4)19-13-15-9-6-5-7-10-15/h5-7,9-10,14H,8,11-13H2,1-4H3,(H,18,19). The van der Waals surface area contributed by atoms with Crippen molar-refractivity contribution in [1.82, 2.24) is 10.2 Å². The number of hydrogen-bond acceptors (Lipinski definition) is 3. The lowest BCUT2D eigenvalue weighted by Gasteiger charge is -2.17. The number of benzene rings is 1. The fraction of sp³-hybridized carbons (Fsp3) is 0.529. The van der Waals surface area contributed by atoms with Gasteiger partial charge >= 0.3 is 5.97 Å². The van der Waals surface area contributed by atoms with E-state index in [2.05, 4.69) is 22.4 Å². The monoisotopic (exact) mass is 305 g/mol. The summed E-state index contributed by atoms with van der Waals surface area (Å²) in [6, 6.07) is 10.1. The van der Waals surface area contributed by atoms with Gasteiger partial charge in [0.2, 0.25) is 0 Å². The maximum Gasteiger partial charge on any atom is 0.306 e. The van der Waals surface area contributed by atoms with Crippen LogP contribution in [0.15, 0.2) is 35.3 Å². The molecule has 1 rings (SSSR count). The highest BCUT2D eigenvalue weighted by Gasteiger charge is 2.06. The van der Waals surface area contributed by atoms with Crippen molar-refractivity contribution in [2.75, 3.05) is 20.6 Å². The van der Waals surface area contributed by atoms with Crippen molar-refractivity contribution in [3.63, 3.8) is 0 Å². The minimum Gasteiger partial charge on any atom is -0.463 e. The molecule has 0 aliphatic heterocycles. The highest BCUT2D eigenvalue weighted by molar-refractivity contribution is 5.79. The smallest absolute Gasteiger partial charge is 0.306 e. The molecule has 1 N–H and O–H groups in total. The van der Waals surface area contributed by atoms with Crippen molar-refractivity contribution < 1.29 is 9.53 Å². The molecule has 1 aromatic carbocycles. The molecule has 5 heteroatoms. The van der Waals surface area contributed by atoms with Crippen molar-refractivity contribution in [3.05, 3.63) is 35.9 Å². The Labute approximate surface area is 133 Å². The van der Waals surface area contributed by atoms with Crippen LogP contribution in [0.3, 0.4) is 0 Å². The second-order valence-electron chi connectivity index (χ2n) is 5.59. The molecular formula is C17H27N3O2. The summed E-state index contributed by atoms with van der Waals surface area (Å²) in [5.74, 6) is 0.672. The largest absolute Gasteiger partial charge is 0.463 e. The van der Waals surface area contributed by atoms with Gasteiger partial charge in [-0.05, 0) is 25.8 Å². The zero-order valence-corrected chi connectivity index (χ0v) is 14.0. The molecular weight excluding hydrogens is 278 g/mol. The van der Waals surface area contributed by atoms with E-state index in [9.17, 15) is 4.79 Å². The quantitative estimate of drug-likeness (QED) is 0.364. The van der Waals surface area contributed by atoms with Crippen molar-refractivity contribution in [2.24, 2.45) is 4.99 Å². The van der Waals surface area contributed by atoms with Crippen LogP contribution in [0.25, 0.3) is 0 Å². The number of nitrogens with zero attached hydrogens (tertiary/aromatic N) is 2. The van der Waals surface area contributed by atoms with E-state index in [0.29, 0.717) is 19.5 Å². The number of rotatable bonds is 7. The Morgan fingerprint density at radius 2 is 1.95 bits per heavy atom. The van der Waals surface area contributed by atoms with Gasteiger partial charge in [0, 0.05) is 27.1 Å². The number of esters is 1. The van der Waals surface area contributed by atoms with Crippen LogP contribution in [0.1, 0.15) is 32.3 Å². The van der Waals surface area contributed by atoms with Crippen molar-refractivity contribution in [1.29, 1.82) is 0 Å². The van der Waals surface area contributed by atoms with Gasteiger partial charge < -0.3 is 15.0 Å². The Bertz CT molecular complexity index is 470. The first-order valence-corrected chi connectivity index (χ1v) is 7.68. The van der Waals surface area contributed by atoms with E-state index < -0.39 is 0 Å². The van der Waals surface area contributed by atoms with Gasteiger partial charge in [0.15, 0.2) is 5.96 Å². The third kappa shape index (κ3) is 7.67. The van der Waals surface area contributed by atoms with Gasteiger partial charge in [-0.1, -0.05) is 30.3 Å². The maximum absolute atomic E-state index is 11.5. The molecule has 122 valence electrons. The van der Waals surface area contributed by atoms with Gasteiger partial charge in [-0.2, -0.15) is 0 Å². The summed E-state index contributed by atoms with van der Waals surface area (Å²) in [6.07, 6.45) is 1.10. The third-order valence-corrected chi connectivity index (χ3v) is 2.89. The van der Waals surface area contributed by atoms with E-state index in [1.807, 2.05) is 51.0 Å². The molecule has 0 amide bonds. The van der Waals surface area contributed by atoms with Crippen LogP contribution in [0.4, 0.5) is 0 Å². The van der Waals surface area contributed by atoms with Gasteiger partial charge in [-0.3, -0.25) is 4.79 Å². The number of guanidine groups is 1. The molecule has 0 heterocycles. The summed E-state index contributed by atoms with van der Waals surface area (Å²) in [5, 5.41) is 3.27. The van der Waals surface area contributed by atoms with Gasteiger partial charge in [0.05, 0.1) is 12.6 Å². The van der Waals surface area contributed by atoms with E-state index in [-0.39, 0.29) is 12.1 Å². The van der Waals surface area contributed by atoms with Gasteiger partial charge in [0.25, 0.3) is 0 Å². The number of aliphatic imine (C=N–C) groups is 1. The van der Waals surface area contributed by atoms with Crippen LogP contribution < -0.4 is 5.32 Å². The molecule has 0 atom stereocenters. The molecule has 0 unspecified atom stereocenters. The number of nitrogens with one attached hydrogen (secondary N) is 1. The number of carbonyl (C=O) groups excluding carboxylic acids is 1. The van der Waals surface area contributed by atoms with E-state index in [4.69, 9.17) is 4.74 Å². The predicted molar refractivity (Wildman–Crippen MR) is 89.7 cm³/mol. The number of carbonyl (C=O) groups is 1. The molecule has 0 aliphatic rings. The van der Waals surface area contributed by atoms with Gasteiger partial charge in [-0.15, -0.1) is 0 Å². The summed E-state index contributed by atoms with van der Waals surface area (Å²) < 4.78 is 5.10. The van der Waals surface area contributed by atoms with E-state index in [1.165, 1.54) is 5.56 Å². The van der Waals surface area contributed by atoms with Crippen LogP contribution in [-0.4, -0.2) is 43.6 Å². The Kier molecular flexibility index (Phi) is 8.04. The van der Waals surface area contributed by atoms with Crippen LogP contribution in [0, 0.1) is 0 Å². The minimum absolute atomic E-state index is 0.0507. The summed E-state index contributed by atoms with van der Waals surface area (Å²) in [7, 11) is 3.90. The molecule has 0 aliphatic carbocycles. The normalized spacial score (nSPS) is 11.4. The van der Waals surface area contributed by atoms with Crippen LogP contribution in [-0.2, 0) is 16.1 Å². The first-order chi connectivity index (χ1) is 10.5. The van der Waals surface area contributed by atoms with Gasteiger partial charge in [-0.25, -0.2) is 4.99 Å². The summed E-state index contributed by atoms with van der Waals surface area (Å²) in [5.41, 5.74) is 1.17. The SMILES string of the molecule is CC(C)OC(=O)CCCNC(=NCc1ccccc1)N(C)C. The molecule has 0 fully saturated rings. The fourth-order valence-electron chi connectivity index (χ4n) is 1.86. The number of hydrogen-bond donors (Lipinski definition) is 1. The van der Waals surface area contributed by atoms with E-state index >= 15 is 0 Å². The lowest BCUT2D eigenvalue weighted by molar-refractivity contribution is -0.147. The van der Waals surface area contributed by atoms with E-state index in [0.717, 1.165) is 12.4 Å². The molecule has 0 saturated carbocycles. The summed E-state index contributed by atoms with van der Waals surface area (Å²) in [6.45, 7) is 5.04. The molecule has 5 nitrogen and oxygen atoms in total. The van der Waals surface area contributed by atoms with Crippen LogP contribution in [0.5, 0.6) is 0 Å². The first-order valence-electron chi connectivity index (χ1n) is 7.68. The molecule has 0 saturated heterocycles. The Balaban J connectivity index is 2.37. The Morgan fingerprint density at radius 3 is 2.55 bits per heavy atom. The second-order valence-corrected chi connectivity index (χ2v) is 5.59. The van der Waals surface area contributed by atoms with Crippen molar-refractivity contribution in [3.8, 4) is 0 Å². The lowest BCUT2D eigenvalue weighted by Crippen LogP contribution is -2.37. The van der Waals surface area contributed by atoms with E-state index in [1.54, 1.807) is 0 Å². The first kappa shape index (κ1) is 18.0. The molecule has 0 bridgehead atoms. The molecule has 0 radical (unpaired) electrons. The molecule has 1 aromatic rings. The zero-order valence-electron chi connectivity index (χ0n) is 14.0. The Hall–Kier alpha value is -2.04. The highest BCUT2D eigenvalue weighted by atomic mass is 16.5. The Morgan fingerprint density at radius 1 is 1.27 bits per heavy atom. The second kappa shape index (κ2) is 9.82. The number of ether oxygens (including phenoxy) is 1. The zero-order chi connectivity index (χ0) is 16.4. The highest BCUT2D eigenvalue weighted by Crippen LogP contribution is 2.01. The topological polar surface area (TPSA) is 53.9 Å². The molecule has 0 spiro atoms. The van der Waals surface area contributed by atoms with Crippen LogP contribution in [0.2, 0.25) is 0 Å². The average Bonchev–Trinajstić information content (AvgIpc) is 2.46. The molecule has 0 aromatic heterocycles. The lowest BCUT2D eigenvalue weighted by atomic mass is 10.2. The van der Waals surface area contributed by atoms with Crippen LogP contribution >= 0.6 is 0 Å². The predicted octanol–water partition coefficient (Wildman–Crippen LogP) is 2.43. The van der Waals surface area contributed by atoms with Crippen molar-refractivity contribution >= 4 is 11.9 Å².